The zero-order valence-corrected chi connectivity index (χ0v) is 23.0. The van der Waals surface area contributed by atoms with E-state index < -0.39 is 29.9 Å². The van der Waals surface area contributed by atoms with E-state index in [-0.39, 0.29) is 34.5 Å². The highest BCUT2D eigenvalue weighted by Crippen LogP contribution is 2.42. The molecule has 1 aliphatic rings. The number of halogens is 3. The maximum Gasteiger partial charge on any atom is 0.435 e. The van der Waals surface area contributed by atoms with Crippen molar-refractivity contribution >= 4 is 23.3 Å². The summed E-state index contributed by atoms with van der Waals surface area (Å²) < 4.78 is 51.3. The minimum atomic E-state index is -4.70. The van der Waals surface area contributed by atoms with Crippen LogP contribution in [0.15, 0.2) is 66.9 Å². The van der Waals surface area contributed by atoms with Gasteiger partial charge in [-0.15, -0.1) is 5.10 Å². The fourth-order valence-corrected chi connectivity index (χ4v) is 5.26. The van der Waals surface area contributed by atoms with Crippen LogP contribution in [0.5, 0.6) is 5.75 Å². The van der Waals surface area contributed by atoms with Gasteiger partial charge in [-0.1, -0.05) is 6.07 Å². The monoisotopic (exact) mass is 590 g/mol. The number of carbonyl (C=O) groups is 2. The second kappa shape index (κ2) is 10.6. The molecule has 1 amide bonds. The quantitative estimate of drug-likeness (QED) is 0.271. The fourth-order valence-electron chi connectivity index (χ4n) is 5.26. The van der Waals surface area contributed by atoms with E-state index in [0.29, 0.717) is 30.1 Å². The third-order valence-electron chi connectivity index (χ3n) is 7.28. The normalized spacial score (nSPS) is 14.9. The lowest BCUT2D eigenvalue weighted by molar-refractivity contribution is -0.142. The lowest BCUT2D eigenvalue weighted by Gasteiger charge is -2.26. The van der Waals surface area contributed by atoms with Crippen LogP contribution < -0.4 is 9.64 Å². The van der Waals surface area contributed by atoms with Crippen molar-refractivity contribution in [3.05, 3.63) is 101 Å². The molecule has 2 aromatic carbocycles. The van der Waals surface area contributed by atoms with Crippen LogP contribution >= 0.6 is 0 Å². The second-order valence-corrected chi connectivity index (χ2v) is 10.2. The molecule has 0 aliphatic heterocycles. The molecule has 10 nitrogen and oxygen atoms in total. The molecule has 1 atom stereocenters. The highest BCUT2D eigenvalue weighted by Gasteiger charge is 2.42. The number of aromatic nitrogens is 5. The van der Waals surface area contributed by atoms with E-state index in [1.165, 1.54) is 39.9 Å². The SMILES string of the molecule is Cc1cn2nc(N(C)C(=O)c3cccc(-n4nc(C(F)(F)F)c5c4C(Oc4ccc(C(=O)O)cc4)CCC5)c3)ccc2n1. The minimum Gasteiger partial charge on any atom is -0.484 e. The number of benzene rings is 2. The zero-order chi connectivity index (χ0) is 30.5. The molecule has 0 saturated heterocycles. The first kappa shape index (κ1) is 27.9. The summed E-state index contributed by atoms with van der Waals surface area (Å²) in [6.07, 6.45) is -2.75. The van der Waals surface area contributed by atoms with Gasteiger partial charge in [0.1, 0.15) is 11.9 Å². The van der Waals surface area contributed by atoms with Crippen LogP contribution in [0.2, 0.25) is 0 Å². The Morgan fingerprint density at radius 2 is 1.81 bits per heavy atom. The van der Waals surface area contributed by atoms with E-state index >= 15 is 0 Å². The Kier molecular flexibility index (Phi) is 6.87. The highest BCUT2D eigenvalue weighted by molar-refractivity contribution is 6.05. The summed E-state index contributed by atoms with van der Waals surface area (Å²) in [7, 11) is 1.56. The average Bonchev–Trinajstić information content (AvgIpc) is 3.57. The van der Waals surface area contributed by atoms with E-state index in [9.17, 15) is 27.9 Å². The van der Waals surface area contributed by atoms with Crippen LogP contribution in [0.25, 0.3) is 11.3 Å². The molecular formula is C30H25F3N6O4. The van der Waals surface area contributed by atoms with Gasteiger partial charge in [-0.2, -0.15) is 18.3 Å². The van der Waals surface area contributed by atoms with E-state index in [1.54, 1.807) is 48.1 Å². The number of hydrogen-bond donors (Lipinski definition) is 1. The average molecular weight is 591 g/mol. The van der Waals surface area contributed by atoms with Crippen LogP contribution in [0.3, 0.4) is 0 Å². The van der Waals surface area contributed by atoms with Gasteiger partial charge >= 0.3 is 12.1 Å². The number of imidazole rings is 1. The number of carboxylic acids is 1. The molecule has 0 bridgehead atoms. The lowest BCUT2D eigenvalue weighted by Crippen LogP contribution is -2.27. The van der Waals surface area contributed by atoms with E-state index in [4.69, 9.17) is 4.74 Å². The Morgan fingerprint density at radius 1 is 1.05 bits per heavy atom. The van der Waals surface area contributed by atoms with Crippen molar-refractivity contribution < 1.29 is 32.6 Å². The molecular weight excluding hydrogens is 565 g/mol. The molecule has 0 fully saturated rings. The summed E-state index contributed by atoms with van der Waals surface area (Å²) in [6, 6.07) is 15.3. The number of hydrogen-bond acceptors (Lipinski definition) is 6. The number of aryl methyl sites for hydroxylation is 1. The van der Waals surface area contributed by atoms with Crippen LogP contribution in [-0.4, -0.2) is 48.4 Å². The molecule has 0 radical (unpaired) electrons. The van der Waals surface area contributed by atoms with Gasteiger partial charge in [0.25, 0.3) is 5.91 Å². The topological polar surface area (TPSA) is 115 Å². The van der Waals surface area contributed by atoms with E-state index in [2.05, 4.69) is 15.2 Å². The number of rotatable bonds is 6. The molecule has 3 heterocycles. The van der Waals surface area contributed by atoms with Crippen molar-refractivity contribution in [2.45, 2.75) is 38.5 Å². The summed E-state index contributed by atoms with van der Waals surface area (Å²) in [4.78, 5) is 30.4. The largest absolute Gasteiger partial charge is 0.484 e. The number of carboxylic acid groups (broad SMARTS) is 1. The van der Waals surface area contributed by atoms with Crippen LogP contribution in [0.4, 0.5) is 19.0 Å². The van der Waals surface area contributed by atoms with Crippen LogP contribution in [-0.2, 0) is 12.6 Å². The van der Waals surface area contributed by atoms with Gasteiger partial charge in [0.2, 0.25) is 0 Å². The summed E-state index contributed by atoms with van der Waals surface area (Å²) >= 11 is 0. The first-order chi connectivity index (χ1) is 20.5. The van der Waals surface area contributed by atoms with Crippen LogP contribution in [0.1, 0.15) is 62.3 Å². The molecule has 6 rings (SSSR count). The Bertz CT molecular complexity index is 1860. The predicted molar refractivity (Wildman–Crippen MR) is 149 cm³/mol. The van der Waals surface area contributed by atoms with Gasteiger partial charge < -0.3 is 9.84 Å². The molecule has 13 heteroatoms. The number of amides is 1. The first-order valence-electron chi connectivity index (χ1n) is 13.4. The Morgan fingerprint density at radius 3 is 2.53 bits per heavy atom. The highest BCUT2D eigenvalue weighted by atomic mass is 19.4. The Labute approximate surface area is 243 Å². The molecule has 3 aromatic heterocycles. The number of anilines is 1. The molecule has 1 unspecified atom stereocenters. The smallest absolute Gasteiger partial charge is 0.435 e. The maximum absolute atomic E-state index is 14.1. The summed E-state index contributed by atoms with van der Waals surface area (Å²) in [5, 5.41) is 17.6. The molecule has 5 aromatic rings. The molecule has 1 N–H and O–H groups in total. The molecule has 0 spiro atoms. The number of alkyl halides is 3. The second-order valence-electron chi connectivity index (χ2n) is 10.2. The standard InChI is InChI=1S/C30H25F3N6O4/c1-17-16-38-24(34-17)13-14-25(35-38)37(2)28(40)19-5-3-6-20(15-19)39-26-22(27(36-39)30(31,32)33)7-4-8-23(26)43-21-11-9-18(10-12-21)29(41)42/h3,5-6,9-16,23H,4,7-8H2,1-2H3,(H,41,42). The number of fused-ring (bicyclic) bond motifs is 2. The van der Waals surface area contributed by atoms with Crippen molar-refractivity contribution in [3.8, 4) is 11.4 Å². The van der Waals surface area contributed by atoms with Crippen molar-refractivity contribution in [2.75, 3.05) is 11.9 Å². The number of aromatic carboxylic acids is 1. The summed E-state index contributed by atoms with van der Waals surface area (Å²) in [6.45, 7) is 1.83. The maximum atomic E-state index is 14.1. The molecule has 1 aliphatic carbocycles. The number of carbonyl (C=O) groups excluding carboxylic acids is 1. The van der Waals surface area contributed by atoms with Gasteiger partial charge in [-0.25, -0.2) is 19.0 Å². The van der Waals surface area contributed by atoms with Gasteiger partial charge in [-0.05, 0) is 80.8 Å². The lowest BCUT2D eigenvalue weighted by atomic mass is 9.92. The van der Waals surface area contributed by atoms with Crippen molar-refractivity contribution in [1.82, 2.24) is 24.4 Å². The van der Waals surface area contributed by atoms with Crippen molar-refractivity contribution in [3.63, 3.8) is 0 Å². The Hall–Kier alpha value is -5.20. The van der Waals surface area contributed by atoms with E-state index in [0.717, 1.165) is 5.69 Å². The minimum absolute atomic E-state index is 0.0351. The third kappa shape index (κ3) is 5.29. The van der Waals surface area contributed by atoms with Gasteiger partial charge in [0, 0.05) is 18.2 Å². The molecule has 0 saturated carbocycles. The Balaban J connectivity index is 1.37. The number of ether oxygens (including phenoxy) is 1. The molecule has 220 valence electrons. The van der Waals surface area contributed by atoms with Gasteiger partial charge in [0.15, 0.2) is 17.2 Å². The number of nitrogens with zero attached hydrogens (tertiary/aromatic N) is 6. The predicted octanol–water partition coefficient (Wildman–Crippen LogP) is 5.67. The van der Waals surface area contributed by atoms with Crippen molar-refractivity contribution in [2.24, 2.45) is 0 Å². The third-order valence-corrected chi connectivity index (χ3v) is 7.28. The van der Waals surface area contributed by atoms with Crippen LogP contribution in [0, 0.1) is 6.92 Å². The van der Waals surface area contributed by atoms with Gasteiger partial charge in [-0.3, -0.25) is 9.69 Å². The van der Waals surface area contributed by atoms with E-state index in [1.807, 2.05) is 6.92 Å². The van der Waals surface area contributed by atoms with Crippen molar-refractivity contribution in [1.29, 1.82) is 0 Å². The first-order valence-corrected chi connectivity index (χ1v) is 13.4. The molecule has 43 heavy (non-hydrogen) atoms. The zero-order valence-electron chi connectivity index (χ0n) is 23.0. The summed E-state index contributed by atoms with van der Waals surface area (Å²) in [5.41, 5.74) is 1.21. The van der Waals surface area contributed by atoms with Gasteiger partial charge in [0.05, 0.1) is 28.8 Å². The summed E-state index contributed by atoms with van der Waals surface area (Å²) in [5.74, 6) is -0.854. The fraction of sp³-hybridized carbons (Fsp3) is 0.233.